The second-order valence-electron chi connectivity index (χ2n) is 4.14. The molecule has 0 saturated heterocycles. The van der Waals surface area contributed by atoms with E-state index >= 15 is 0 Å². The lowest BCUT2D eigenvalue weighted by Crippen LogP contribution is -2.48. The number of aliphatic hydroxyl groups excluding tert-OH is 2. The molecule has 1 rings (SSSR count). The Morgan fingerprint density at radius 1 is 1.18 bits per heavy atom. The van der Waals surface area contributed by atoms with Crippen molar-refractivity contribution < 1.29 is 15.3 Å². The standard InChI is InChI=1S/C11H15Br2NO3/c1-11(5-15,6-16)14-4-7-2-8(12)10(17)9(13)3-7/h2-3,14-17H,4-6H2,1H3. The molecule has 17 heavy (non-hydrogen) atoms. The number of aliphatic hydroxyl groups is 2. The van der Waals surface area contributed by atoms with Crippen LogP contribution in [0, 0.1) is 0 Å². The van der Waals surface area contributed by atoms with Gasteiger partial charge in [0.1, 0.15) is 5.75 Å². The normalized spacial score (nSPS) is 11.8. The van der Waals surface area contributed by atoms with Crippen molar-refractivity contribution in [3.8, 4) is 5.75 Å². The molecule has 0 aliphatic rings. The minimum absolute atomic E-state index is 0.149. The maximum Gasteiger partial charge on any atom is 0.143 e. The number of hydrogen-bond acceptors (Lipinski definition) is 4. The second-order valence-corrected chi connectivity index (χ2v) is 5.85. The lowest BCUT2D eigenvalue weighted by molar-refractivity contribution is 0.103. The third-order valence-corrected chi connectivity index (χ3v) is 3.70. The van der Waals surface area contributed by atoms with Crippen LogP contribution in [0.15, 0.2) is 21.1 Å². The average Bonchev–Trinajstić information content (AvgIpc) is 2.32. The van der Waals surface area contributed by atoms with Crippen LogP contribution in [0.25, 0.3) is 0 Å². The summed E-state index contributed by atoms with van der Waals surface area (Å²) in [4.78, 5) is 0. The van der Waals surface area contributed by atoms with E-state index in [1.165, 1.54) is 0 Å². The molecule has 0 spiro atoms. The van der Waals surface area contributed by atoms with Crippen LogP contribution >= 0.6 is 31.9 Å². The third-order valence-electron chi connectivity index (χ3n) is 2.49. The van der Waals surface area contributed by atoms with Crippen molar-refractivity contribution in [3.63, 3.8) is 0 Å². The van der Waals surface area contributed by atoms with Gasteiger partial charge in [0, 0.05) is 6.54 Å². The van der Waals surface area contributed by atoms with Crippen LogP contribution in [-0.2, 0) is 6.54 Å². The molecule has 0 unspecified atom stereocenters. The van der Waals surface area contributed by atoms with Gasteiger partial charge in [-0.25, -0.2) is 0 Å². The van der Waals surface area contributed by atoms with Crippen molar-refractivity contribution in [1.29, 1.82) is 0 Å². The van der Waals surface area contributed by atoms with E-state index in [9.17, 15) is 5.11 Å². The molecule has 0 bridgehead atoms. The van der Waals surface area contributed by atoms with Gasteiger partial charge in [-0.3, -0.25) is 0 Å². The predicted molar refractivity (Wildman–Crippen MR) is 72.9 cm³/mol. The average molecular weight is 369 g/mol. The molecular weight excluding hydrogens is 354 g/mol. The molecule has 0 aliphatic heterocycles. The minimum Gasteiger partial charge on any atom is -0.506 e. The summed E-state index contributed by atoms with van der Waals surface area (Å²) >= 11 is 6.49. The van der Waals surface area contributed by atoms with Gasteiger partial charge in [-0.05, 0) is 56.5 Å². The fourth-order valence-electron chi connectivity index (χ4n) is 1.20. The molecule has 4 N–H and O–H groups in total. The summed E-state index contributed by atoms with van der Waals surface area (Å²) in [7, 11) is 0. The highest BCUT2D eigenvalue weighted by Gasteiger charge is 2.21. The number of phenolic OH excluding ortho intramolecular Hbond substituents is 1. The van der Waals surface area contributed by atoms with E-state index in [0.29, 0.717) is 15.5 Å². The Labute approximate surface area is 117 Å². The van der Waals surface area contributed by atoms with Crippen LogP contribution in [0.1, 0.15) is 12.5 Å². The van der Waals surface area contributed by atoms with E-state index in [1.807, 2.05) is 0 Å². The smallest absolute Gasteiger partial charge is 0.143 e. The van der Waals surface area contributed by atoms with Gasteiger partial charge in [0.05, 0.1) is 27.7 Å². The third kappa shape index (κ3) is 3.93. The summed E-state index contributed by atoms with van der Waals surface area (Å²) < 4.78 is 1.19. The van der Waals surface area contributed by atoms with Crippen LogP contribution in [0.2, 0.25) is 0 Å². The molecule has 0 heterocycles. The first-order valence-corrected chi connectivity index (χ1v) is 6.64. The van der Waals surface area contributed by atoms with Gasteiger partial charge in [0.25, 0.3) is 0 Å². The molecule has 0 aliphatic carbocycles. The lowest BCUT2D eigenvalue weighted by atomic mass is 10.0. The molecule has 1 aromatic carbocycles. The van der Waals surface area contributed by atoms with Crippen molar-refractivity contribution in [2.45, 2.75) is 19.0 Å². The van der Waals surface area contributed by atoms with Crippen molar-refractivity contribution >= 4 is 31.9 Å². The van der Waals surface area contributed by atoms with Crippen LogP contribution in [0.4, 0.5) is 0 Å². The zero-order valence-electron chi connectivity index (χ0n) is 9.37. The number of aromatic hydroxyl groups is 1. The highest BCUT2D eigenvalue weighted by atomic mass is 79.9. The Morgan fingerprint density at radius 2 is 1.65 bits per heavy atom. The first-order chi connectivity index (χ1) is 7.91. The Morgan fingerprint density at radius 3 is 2.06 bits per heavy atom. The summed E-state index contributed by atoms with van der Waals surface area (Å²) in [5.74, 6) is 0.154. The Bertz CT molecular complexity index is 371. The zero-order valence-corrected chi connectivity index (χ0v) is 12.5. The first kappa shape index (κ1) is 14.9. The topological polar surface area (TPSA) is 72.7 Å². The maximum absolute atomic E-state index is 9.56. The number of benzene rings is 1. The number of halogens is 2. The number of nitrogens with one attached hydrogen (secondary N) is 1. The monoisotopic (exact) mass is 367 g/mol. The fraction of sp³-hybridized carbons (Fsp3) is 0.455. The van der Waals surface area contributed by atoms with Crippen molar-refractivity contribution in [1.82, 2.24) is 5.32 Å². The molecule has 0 amide bonds. The summed E-state index contributed by atoms with van der Waals surface area (Å²) in [5.41, 5.74) is 0.214. The molecule has 0 fully saturated rings. The van der Waals surface area contributed by atoms with Gasteiger partial charge in [-0.1, -0.05) is 0 Å². The summed E-state index contributed by atoms with van der Waals surface area (Å²) in [6.45, 7) is 1.92. The molecule has 1 aromatic rings. The minimum atomic E-state index is -0.711. The highest BCUT2D eigenvalue weighted by Crippen LogP contribution is 2.33. The Balaban J connectivity index is 2.76. The van der Waals surface area contributed by atoms with Gasteiger partial charge >= 0.3 is 0 Å². The molecule has 4 nitrogen and oxygen atoms in total. The van der Waals surface area contributed by atoms with Crippen LogP contribution < -0.4 is 5.32 Å². The van der Waals surface area contributed by atoms with Crippen molar-refractivity contribution in [2.75, 3.05) is 13.2 Å². The predicted octanol–water partition coefficient (Wildman–Crippen LogP) is 1.75. The van der Waals surface area contributed by atoms with Crippen LogP contribution in [-0.4, -0.2) is 34.1 Å². The number of rotatable bonds is 5. The highest BCUT2D eigenvalue weighted by molar-refractivity contribution is 9.11. The Kier molecular flexibility index (Phi) is 5.40. The van der Waals surface area contributed by atoms with E-state index in [1.54, 1.807) is 19.1 Å². The van der Waals surface area contributed by atoms with Gasteiger partial charge in [-0.15, -0.1) is 0 Å². The molecular formula is C11H15Br2NO3. The first-order valence-electron chi connectivity index (χ1n) is 5.05. The summed E-state index contributed by atoms with van der Waals surface area (Å²) in [6.07, 6.45) is 0. The molecule has 0 saturated carbocycles. The second kappa shape index (κ2) is 6.15. The fourth-order valence-corrected chi connectivity index (χ4v) is 2.48. The van der Waals surface area contributed by atoms with Gasteiger partial charge in [0.15, 0.2) is 0 Å². The molecule has 0 aromatic heterocycles. The van der Waals surface area contributed by atoms with Crippen molar-refractivity contribution in [3.05, 3.63) is 26.6 Å². The number of hydrogen-bond donors (Lipinski definition) is 4. The van der Waals surface area contributed by atoms with Crippen molar-refractivity contribution in [2.24, 2.45) is 0 Å². The lowest BCUT2D eigenvalue weighted by Gasteiger charge is -2.26. The quantitative estimate of drug-likeness (QED) is 0.639. The zero-order chi connectivity index (χ0) is 13.1. The van der Waals surface area contributed by atoms with E-state index in [-0.39, 0.29) is 19.0 Å². The summed E-state index contributed by atoms with van der Waals surface area (Å²) in [6, 6.07) is 3.56. The molecule has 6 heteroatoms. The van der Waals surface area contributed by atoms with Gasteiger partial charge in [-0.2, -0.15) is 0 Å². The van der Waals surface area contributed by atoms with E-state index in [2.05, 4.69) is 37.2 Å². The largest absolute Gasteiger partial charge is 0.506 e. The van der Waals surface area contributed by atoms with Gasteiger partial charge in [0.2, 0.25) is 0 Å². The van der Waals surface area contributed by atoms with Crippen LogP contribution in [0.3, 0.4) is 0 Å². The van der Waals surface area contributed by atoms with Crippen LogP contribution in [0.5, 0.6) is 5.75 Å². The van der Waals surface area contributed by atoms with E-state index in [4.69, 9.17) is 10.2 Å². The van der Waals surface area contributed by atoms with Gasteiger partial charge < -0.3 is 20.6 Å². The maximum atomic E-state index is 9.56. The summed E-state index contributed by atoms with van der Waals surface area (Å²) in [5, 5.41) is 30.9. The molecule has 0 radical (unpaired) electrons. The SMILES string of the molecule is CC(CO)(CO)NCc1cc(Br)c(O)c(Br)c1. The van der Waals surface area contributed by atoms with E-state index in [0.717, 1.165) is 5.56 Å². The Hall–Kier alpha value is -0.140. The van der Waals surface area contributed by atoms with E-state index < -0.39 is 5.54 Å². The molecule has 96 valence electrons. The number of phenols is 1. The molecule has 0 atom stereocenters.